The van der Waals surface area contributed by atoms with Crippen LogP contribution in [-0.4, -0.2) is 25.2 Å². The lowest BCUT2D eigenvalue weighted by Gasteiger charge is -2.15. The van der Waals surface area contributed by atoms with Gasteiger partial charge in [0.25, 0.3) is 10.0 Å². The molecule has 1 atom stereocenters. The van der Waals surface area contributed by atoms with Crippen molar-refractivity contribution in [2.45, 2.75) is 24.3 Å². The van der Waals surface area contributed by atoms with Gasteiger partial charge in [-0.25, -0.2) is 8.42 Å². The van der Waals surface area contributed by atoms with Crippen molar-refractivity contribution < 1.29 is 8.42 Å². The summed E-state index contributed by atoms with van der Waals surface area (Å²) in [4.78, 5) is 0.248. The van der Waals surface area contributed by atoms with Gasteiger partial charge in [0.1, 0.15) is 0 Å². The van der Waals surface area contributed by atoms with Crippen LogP contribution in [0.4, 0.5) is 5.69 Å². The molecule has 6 nitrogen and oxygen atoms in total. The third kappa shape index (κ3) is 3.62. The number of nitrogens with zero attached hydrogens (tertiary/aromatic N) is 2. The van der Waals surface area contributed by atoms with Crippen LogP contribution >= 0.6 is 0 Å². The van der Waals surface area contributed by atoms with E-state index in [2.05, 4.69) is 22.1 Å². The van der Waals surface area contributed by atoms with Crippen molar-refractivity contribution in [3.8, 4) is 0 Å². The number of nitrogens with one attached hydrogen (secondary N) is 2. The summed E-state index contributed by atoms with van der Waals surface area (Å²) in [5.74, 6) is 0. The third-order valence-electron chi connectivity index (χ3n) is 3.28. The number of hydrogen-bond acceptors (Lipinski definition) is 4. The molecule has 0 saturated heterocycles. The highest BCUT2D eigenvalue weighted by Gasteiger charge is 2.17. The molecule has 0 fully saturated rings. The minimum atomic E-state index is -3.60. The first-order valence-corrected chi connectivity index (χ1v) is 8.23. The lowest BCUT2D eigenvalue weighted by molar-refractivity contribution is 0.574. The van der Waals surface area contributed by atoms with Gasteiger partial charge in [0, 0.05) is 19.3 Å². The van der Waals surface area contributed by atoms with Crippen LogP contribution in [0.2, 0.25) is 0 Å². The second-order valence-electron chi connectivity index (χ2n) is 4.83. The Morgan fingerprint density at radius 1 is 1.38 bits per heavy atom. The Bertz CT molecular complexity index is 705. The summed E-state index contributed by atoms with van der Waals surface area (Å²) >= 11 is 0. The zero-order valence-corrected chi connectivity index (χ0v) is 13.2. The number of rotatable bonds is 6. The zero-order chi connectivity index (χ0) is 15.5. The van der Waals surface area contributed by atoms with E-state index < -0.39 is 10.0 Å². The molecular formula is C14H20N4O2S. The highest BCUT2D eigenvalue weighted by atomic mass is 32.2. The summed E-state index contributed by atoms with van der Waals surface area (Å²) in [5, 5.41) is 7.12. The molecule has 1 heterocycles. The normalized spacial score (nSPS) is 13.1. The fraction of sp³-hybridized carbons (Fsp3) is 0.357. The van der Waals surface area contributed by atoms with Gasteiger partial charge in [0.2, 0.25) is 0 Å². The van der Waals surface area contributed by atoms with E-state index in [0.29, 0.717) is 5.69 Å². The molecule has 2 aromatic rings. The first-order chi connectivity index (χ1) is 9.96. The summed E-state index contributed by atoms with van der Waals surface area (Å²) < 4.78 is 28.9. The average molecular weight is 308 g/mol. The lowest BCUT2D eigenvalue weighted by Crippen LogP contribution is -2.17. The van der Waals surface area contributed by atoms with Crippen molar-refractivity contribution in [3.63, 3.8) is 0 Å². The molecule has 1 aromatic carbocycles. The van der Waals surface area contributed by atoms with E-state index in [1.54, 1.807) is 36.1 Å². The highest BCUT2D eigenvalue weighted by molar-refractivity contribution is 7.92. The number of aromatic nitrogens is 2. The second kappa shape index (κ2) is 6.28. The van der Waals surface area contributed by atoms with Gasteiger partial charge in [-0.3, -0.25) is 9.40 Å². The highest BCUT2D eigenvalue weighted by Crippen LogP contribution is 2.21. The van der Waals surface area contributed by atoms with Crippen LogP contribution in [0.5, 0.6) is 0 Å². The summed E-state index contributed by atoms with van der Waals surface area (Å²) in [6.45, 7) is 2.05. The molecule has 0 unspecified atom stereocenters. The minimum absolute atomic E-state index is 0.138. The average Bonchev–Trinajstić information content (AvgIpc) is 2.85. The zero-order valence-electron chi connectivity index (χ0n) is 12.4. The van der Waals surface area contributed by atoms with Gasteiger partial charge in [0.05, 0.1) is 16.8 Å². The van der Waals surface area contributed by atoms with Gasteiger partial charge in [0.15, 0.2) is 0 Å². The SMILES string of the molecule is CC[C@@H](NC)c1cccc(S(=O)(=O)Nc2cnn(C)c2)c1. The Balaban J connectivity index is 2.29. The molecule has 21 heavy (non-hydrogen) atoms. The summed E-state index contributed by atoms with van der Waals surface area (Å²) in [7, 11) is -0.00594. The van der Waals surface area contributed by atoms with Crippen molar-refractivity contribution in [2.24, 2.45) is 7.05 Å². The smallest absolute Gasteiger partial charge is 0.262 e. The molecule has 114 valence electrons. The molecule has 2 N–H and O–H groups in total. The molecule has 2 rings (SSSR count). The van der Waals surface area contributed by atoms with Crippen molar-refractivity contribution in [1.29, 1.82) is 0 Å². The largest absolute Gasteiger partial charge is 0.313 e. The number of anilines is 1. The van der Waals surface area contributed by atoms with Gasteiger partial charge in [-0.05, 0) is 31.2 Å². The Morgan fingerprint density at radius 3 is 2.71 bits per heavy atom. The van der Waals surface area contributed by atoms with Gasteiger partial charge in [-0.1, -0.05) is 19.1 Å². The summed E-state index contributed by atoms with van der Waals surface area (Å²) in [5.41, 5.74) is 1.40. The van der Waals surface area contributed by atoms with Gasteiger partial charge in [-0.15, -0.1) is 0 Å². The van der Waals surface area contributed by atoms with Crippen LogP contribution in [0.15, 0.2) is 41.6 Å². The second-order valence-corrected chi connectivity index (χ2v) is 6.51. The summed E-state index contributed by atoms with van der Waals surface area (Å²) in [6.07, 6.45) is 3.98. The van der Waals surface area contributed by atoms with Crippen LogP contribution in [0, 0.1) is 0 Å². The first kappa shape index (κ1) is 15.5. The Hall–Kier alpha value is -1.86. The fourth-order valence-corrected chi connectivity index (χ4v) is 3.28. The van der Waals surface area contributed by atoms with E-state index in [9.17, 15) is 8.42 Å². The van der Waals surface area contributed by atoms with Gasteiger partial charge >= 0.3 is 0 Å². The van der Waals surface area contributed by atoms with Crippen LogP contribution in [0.3, 0.4) is 0 Å². The maximum atomic E-state index is 12.4. The molecule has 0 aliphatic heterocycles. The molecule has 0 radical (unpaired) electrons. The van der Waals surface area contributed by atoms with E-state index in [4.69, 9.17) is 0 Å². The quantitative estimate of drug-likeness (QED) is 0.854. The minimum Gasteiger partial charge on any atom is -0.313 e. The standard InChI is InChI=1S/C14H20N4O2S/c1-4-14(15-2)11-6-5-7-13(8-11)21(19,20)17-12-9-16-18(3)10-12/h5-10,14-15,17H,4H2,1-3H3/t14-/m1/s1. The van der Waals surface area contributed by atoms with Gasteiger partial charge in [-0.2, -0.15) is 5.10 Å². The predicted octanol–water partition coefficient (Wildman–Crippen LogP) is 1.89. The van der Waals surface area contributed by atoms with Crippen LogP contribution in [0.25, 0.3) is 0 Å². The molecular weight excluding hydrogens is 288 g/mol. The number of sulfonamides is 1. The molecule has 7 heteroatoms. The molecule has 0 amide bonds. The number of aryl methyl sites for hydroxylation is 1. The number of hydrogen-bond donors (Lipinski definition) is 2. The lowest BCUT2D eigenvalue weighted by atomic mass is 10.1. The third-order valence-corrected chi connectivity index (χ3v) is 4.66. The topological polar surface area (TPSA) is 76.0 Å². The molecule has 0 aliphatic rings. The molecule has 0 aliphatic carbocycles. The van der Waals surface area contributed by atoms with E-state index in [-0.39, 0.29) is 10.9 Å². The monoisotopic (exact) mass is 308 g/mol. The maximum absolute atomic E-state index is 12.4. The van der Waals surface area contributed by atoms with Crippen LogP contribution < -0.4 is 10.0 Å². The van der Waals surface area contributed by atoms with Crippen LogP contribution in [-0.2, 0) is 17.1 Å². The Labute approximate surface area is 125 Å². The van der Waals surface area contributed by atoms with Crippen molar-refractivity contribution in [2.75, 3.05) is 11.8 Å². The first-order valence-electron chi connectivity index (χ1n) is 6.75. The molecule has 1 aromatic heterocycles. The summed E-state index contributed by atoms with van der Waals surface area (Å²) in [6, 6.07) is 7.10. The predicted molar refractivity (Wildman–Crippen MR) is 82.6 cm³/mol. The van der Waals surface area contributed by atoms with Crippen molar-refractivity contribution in [1.82, 2.24) is 15.1 Å². The van der Waals surface area contributed by atoms with E-state index >= 15 is 0 Å². The Morgan fingerprint density at radius 2 is 2.14 bits per heavy atom. The fourth-order valence-electron chi connectivity index (χ4n) is 2.19. The molecule has 0 spiro atoms. The number of benzene rings is 1. The van der Waals surface area contributed by atoms with Gasteiger partial charge < -0.3 is 5.32 Å². The van der Waals surface area contributed by atoms with Crippen molar-refractivity contribution >= 4 is 15.7 Å². The van der Waals surface area contributed by atoms with E-state index in [1.807, 2.05) is 13.1 Å². The molecule has 0 bridgehead atoms. The van der Waals surface area contributed by atoms with Crippen molar-refractivity contribution in [3.05, 3.63) is 42.2 Å². The van der Waals surface area contributed by atoms with E-state index in [0.717, 1.165) is 12.0 Å². The van der Waals surface area contributed by atoms with E-state index in [1.165, 1.54) is 6.20 Å². The van der Waals surface area contributed by atoms with Crippen LogP contribution in [0.1, 0.15) is 24.9 Å². The maximum Gasteiger partial charge on any atom is 0.262 e. The Kier molecular flexibility index (Phi) is 4.64. The molecule has 0 saturated carbocycles.